The molecule has 0 unspecified atom stereocenters. The summed E-state index contributed by atoms with van der Waals surface area (Å²) in [5, 5.41) is 11.3. The van der Waals surface area contributed by atoms with Gasteiger partial charge in [0.25, 0.3) is 0 Å². The van der Waals surface area contributed by atoms with Crippen LogP contribution in [0.4, 0.5) is 10.1 Å². The third-order valence-electron chi connectivity index (χ3n) is 5.46. The maximum absolute atomic E-state index is 15.2. The molecular weight excluding hydrogens is 407 g/mol. The number of nitro groups is 1. The second kappa shape index (κ2) is 9.55. The molecule has 0 aliphatic carbocycles. The van der Waals surface area contributed by atoms with Crippen molar-refractivity contribution in [2.75, 3.05) is 32.2 Å². The van der Waals surface area contributed by atoms with Crippen molar-refractivity contribution < 1.29 is 28.4 Å². The van der Waals surface area contributed by atoms with Crippen LogP contribution in [0, 0.1) is 21.8 Å². The van der Waals surface area contributed by atoms with Crippen molar-refractivity contribution in [3.8, 4) is 0 Å². The van der Waals surface area contributed by atoms with Gasteiger partial charge in [0.15, 0.2) is 5.92 Å². The standard InChI is InChI=1S/C22H23FN2O6/c1-30-21(26)20(22(27)31-2)17(13-25(28)29)16-10-15-8-9-24(19(15)11-18(16)23)12-14-6-4-3-5-7-14/h3-7,10-11,17,20H,8-9,12-13H2,1-2H3/t17-/m0/s1. The molecule has 0 radical (unpaired) electrons. The Balaban J connectivity index is 1.99. The molecule has 0 fully saturated rings. The summed E-state index contributed by atoms with van der Waals surface area (Å²) in [6.45, 7) is 0.431. The van der Waals surface area contributed by atoms with Crippen LogP contribution in [0.5, 0.6) is 0 Å². The summed E-state index contributed by atoms with van der Waals surface area (Å²) in [4.78, 5) is 37.1. The molecule has 0 N–H and O–H groups in total. The van der Waals surface area contributed by atoms with E-state index in [0.717, 1.165) is 25.3 Å². The van der Waals surface area contributed by atoms with Crippen molar-refractivity contribution in [3.63, 3.8) is 0 Å². The Bertz CT molecular complexity index is 965. The summed E-state index contributed by atoms with van der Waals surface area (Å²) in [5.41, 5.74) is 2.49. The number of fused-ring (bicyclic) bond motifs is 1. The first kappa shape index (κ1) is 22.2. The first-order chi connectivity index (χ1) is 14.8. The van der Waals surface area contributed by atoms with Gasteiger partial charge in [0.05, 0.1) is 20.1 Å². The number of halogens is 1. The van der Waals surface area contributed by atoms with Crippen LogP contribution in [0.15, 0.2) is 42.5 Å². The molecular formula is C22H23FN2O6. The molecule has 0 aromatic heterocycles. The second-order valence-electron chi connectivity index (χ2n) is 7.31. The highest BCUT2D eigenvalue weighted by Crippen LogP contribution is 2.37. The summed E-state index contributed by atoms with van der Waals surface area (Å²) < 4.78 is 24.5. The summed E-state index contributed by atoms with van der Waals surface area (Å²) >= 11 is 0. The van der Waals surface area contributed by atoms with E-state index in [1.54, 1.807) is 0 Å². The Hall–Kier alpha value is -3.49. The number of methoxy groups -OCH3 is 2. The maximum atomic E-state index is 15.2. The third-order valence-corrected chi connectivity index (χ3v) is 5.46. The molecule has 0 saturated carbocycles. The van der Waals surface area contributed by atoms with Gasteiger partial charge in [-0.05, 0) is 29.2 Å². The van der Waals surface area contributed by atoms with Crippen molar-refractivity contribution in [1.29, 1.82) is 0 Å². The zero-order chi connectivity index (χ0) is 22.5. The number of carbonyl (C=O) groups is 2. The van der Waals surface area contributed by atoms with Gasteiger partial charge in [-0.3, -0.25) is 19.7 Å². The molecule has 1 heterocycles. The summed E-state index contributed by atoms with van der Waals surface area (Å²) in [7, 11) is 2.12. The lowest BCUT2D eigenvalue weighted by molar-refractivity contribution is -0.484. The molecule has 0 bridgehead atoms. The zero-order valence-electron chi connectivity index (χ0n) is 17.2. The lowest BCUT2D eigenvalue weighted by atomic mass is 9.84. The van der Waals surface area contributed by atoms with Gasteiger partial charge < -0.3 is 14.4 Å². The second-order valence-corrected chi connectivity index (χ2v) is 7.31. The molecule has 0 saturated heterocycles. The minimum atomic E-state index is -1.64. The Morgan fingerprint density at radius 3 is 2.39 bits per heavy atom. The number of rotatable bonds is 8. The maximum Gasteiger partial charge on any atom is 0.320 e. The molecule has 2 aromatic carbocycles. The fraction of sp³-hybridized carbons (Fsp3) is 0.364. The van der Waals surface area contributed by atoms with Crippen molar-refractivity contribution >= 4 is 17.6 Å². The minimum Gasteiger partial charge on any atom is -0.468 e. The van der Waals surface area contributed by atoms with E-state index in [0.29, 0.717) is 25.2 Å². The average molecular weight is 430 g/mol. The summed E-state index contributed by atoms with van der Waals surface area (Å²) in [5.74, 6) is -5.74. The van der Waals surface area contributed by atoms with Gasteiger partial charge in [-0.15, -0.1) is 0 Å². The van der Waals surface area contributed by atoms with Gasteiger partial charge in [-0.2, -0.15) is 0 Å². The van der Waals surface area contributed by atoms with Crippen LogP contribution in [0.1, 0.15) is 22.6 Å². The predicted molar refractivity (Wildman–Crippen MR) is 110 cm³/mol. The van der Waals surface area contributed by atoms with Crippen LogP contribution in [0.2, 0.25) is 0 Å². The van der Waals surface area contributed by atoms with Gasteiger partial charge in [0, 0.05) is 23.7 Å². The Labute approximate surface area is 178 Å². The van der Waals surface area contributed by atoms with E-state index < -0.39 is 41.1 Å². The van der Waals surface area contributed by atoms with Crippen LogP contribution >= 0.6 is 0 Å². The van der Waals surface area contributed by atoms with E-state index in [-0.39, 0.29) is 5.56 Å². The molecule has 9 heteroatoms. The van der Waals surface area contributed by atoms with Crippen molar-refractivity contribution in [1.82, 2.24) is 0 Å². The minimum absolute atomic E-state index is 0.0715. The van der Waals surface area contributed by atoms with Crippen molar-refractivity contribution in [2.24, 2.45) is 5.92 Å². The van der Waals surface area contributed by atoms with Crippen LogP contribution in [-0.4, -0.2) is 44.2 Å². The predicted octanol–water partition coefficient (Wildman–Crippen LogP) is 2.71. The van der Waals surface area contributed by atoms with E-state index in [9.17, 15) is 19.7 Å². The number of esters is 2. The Kier molecular flexibility index (Phi) is 6.84. The first-order valence-electron chi connectivity index (χ1n) is 9.74. The molecule has 0 spiro atoms. The van der Waals surface area contributed by atoms with E-state index in [2.05, 4.69) is 9.47 Å². The van der Waals surface area contributed by atoms with Crippen LogP contribution in [-0.2, 0) is 32.0 Å². The number of hydrogen-bond acceptors (Lipinski definition) is 7. The zero-order valence-corrected chi connectivity index (χ0v) is 17.2. The van der Waals surface area contributed by atoms with Crippen LogP contribution in [0.3, 0.4) is 0 Å². The average Bonchev–Trinajstić information content (AvgIpc) is 3.14. The van der Waals surface area contributed by atoms with Gasteiger partial charge in [-0.25, -0.2) is 4.39 Å². The fourth-order valence-electron chi connectivity index (χ4n) is 3.97. The normalized spacial score (nSPS) is 13.6. The largest absolute Gasteiger partial charge is 0.468 e. The molecule has 31 heavy (non-hydrogen) atoms. The first-order valence-corrected chi connectivity index (χ1v) is 9.74. The highest BCUT2D eigenvalue weighted by molar-refractivity contribution is 5.96. The number of nitrogens with zero attached hydrogens (tertiary/aromatic N) is 2. The van der Waals surface area contributed by atoms with E-state index in [1.165, 1.54) is 12.1 Å². The van der Waals surface area contributed by atoms with Gasteiger partial charge in [0.1, 0.15) is 5.82 Å². The molecule has 0 amide bonds. The third kappa shape index (κ3) is 4.82. The van der Waals surface area contributed by atoms with Crippen LogP contribution < -0.4 is 4.90 Å². The fourth-order valence-corrected chi connectivity index (χ4v) is 3.97. The topological polar surface area (TPSA) is 99.0 Å². The number of anilines is 1. The number of carbonyl (C=O) groups excluding carboxylic acids is 2. The van der Waals surface area contributed by atoms with Crippen molar-refractivity contribution in [3.05, 3.63) is 75.1 Å². The summed E-state index contributed by atoms with van der Waals surface area (Å²) in [6.07, 6.45) is 0.613. The molecule has 1 atom stereocenters. The number of benzene rings is 2. The van der Waals surface area contributed by atoms with Crippen LogP contribution in [0.25, 0.3) is 0 Å². The Morgan fingerprint density at radius 1 is 1.16 bits per heavy atom. The lowest BCUT2D eigenvalue weighted by Crippen LogP contribution is -2.36. The molecule has 164 valence electrons. The molecule has 1 aliphatic rings. The lowest BCUT2D eigenvalue weighted by Gasteiger charge is -2.23. The van der Waals surface area contributed by atoms with E-state index in [1.807, 2.05) is 35.2 Å². The number of ether oxygens (including phenoxy) is 2. The van der Waals surface area contributed by atoms with E-state index >= 15 is 4.39 Å². The molecule has 2 aromatic rings. The molecule has 1 aliphatic heterocycles. The SMILES string of the molecule is COC(=O)C(C(=O)OC)[C@@H](C[N+](=O)[O-])c1cc2c(cc1F)N(Cc1ccccc1)CC2. The highest BCUT2D eigenvalue weighted by Gasteiger charge is 2.42. The molecule has 8 nitrogen and oxygen atoms in total. The quantitative estimate of drug-likeness (QED) is 0.275. The molecule has 3 rings (SSSR count). The highest BCUT2D eigenvalue weighted by atomic mass is 19.1. The van der Waals surface area contributed by atoms with Gasteiger partial charge in [-0.1, -0.05) is 36.4 Å². The van der Waals surface area contributed by atoms with Crippen molar-refractivity contribution in [2.45, 2.75) is 18.9 Å². The monoisotopic (exact) mass is 430 g/mol. The van der Waals surface area contributed by atoms with Gasteiger partial charge in [0.2, 0.25) is 6.54 Å². The van der Waals surface area contributed by atoms with E-state index in [4.69, 9.17) is 0 Å². The Morgan fingerprint density at radius 2 is 1.81 bits per heavy atom. The smallest absolute Gasteiger partial charge is 0.320 e. The summed E-state index contributed by atoms with van der Waals surface area (Å²) in [6, 6.07) is 12.6. The number of hydrogen-bond donors (Lipinski definition) is 0. The van der Waals surface area contributed by atoms with Gasteiger partial charge >= 0.3 is 11.9 Å².